The fourth-order valence-corrected chi connectivity index (χ4v) is 0.852. The van der Waals surface area contributed by atoms with Crippen molar-refractivity contribution >= 4 is 11.7 Å². The van der Waals surface area contributed by atoms with Crippen LogP contribution in [0.4, 0.5) is 19.0 Å². The first kappa shape index (κ1) is 11.4. The summed E-state index contributed by atoms with van der Waals surface area (Å²) < 4.78 is 35.4. The number of alkyl halides is 3. The topological polar surface area (TPSA) is 54.9 Å². The first-order valence-corrected chi connectivity index (χ1v) is 3.95. The van der Waals surface area contributed by atoms with E-state index in [1.165, 1.54) is 13.0 Å². The first-order chi connectivity index (χ1) is 6.87. The smallest absolute Gasteiger partial charge is 0.310 e. The summed E-state index contributed by atoms with van der Waals surface area (Å²) in [5.74, 6) is -0.828. The maximum Gasteiger partial charge on any atom is 0.397 e. The Morgan fingerprint density at radius 2 is 2.27 bits per heavy atom. The molecule has 4 nitrogen and oxygen atoms in total. The molecular weight excluding hydrogens is 211 g/mol. The average molecular weight is 218 g/mol. The van der Waals surface area contributed by atoms with Crippen molar-refractivity contribution in [3.63, 3.8) is 0 Å². The van der Waals surface area contributed by atoms with Gasteiger partial charge in [-0.2, -0.15) is 13.2 Å². The highest BCUT2D eigenvalue weighted by molar-refractivity contribution is 5.90. The Hall–Kier alpha value is -1.66. The molecule has 0 saturated carbocycles. The predicted molar refractivity (Wildman–Crippen MR) is 44.9 cm³/mol. The zero-order valence-electron chi connectivity index (χ0n) is 7.72. The van der Waals surface area contributed by atoms with Gasteiger partial charge in [-0.25, -0.2) is 9.97 Å². The van der Waals surface area contributed by atoms with E-state index in [9.17, 15) is 18.0 Å². The molecule has 0 fully saturated rings. The molecule has 7 heteroatoms. The molecule has 1 aromatic rings. The number of anilines is 1. The molecule has 0 spiro atoms. The number of aromatic nitrogens is 2. The largest absolute Gasteiger partial charge is 0.397 e. The molecule has 1 radical (unpaired) electrons. The van der Waals surface area contributed by atoms with Gasteiger partial charge in [-0.1, -0.05) is 0 Å². The second-order valence-electron chi connectivity index (χ2n) is 2.77. The molecule has 0 unspecified atom stereocenters. The van der Waals surface area contributed by atoms with Crippen molar-refractivity contribution in [3.05, 3.63) is 18.1 Å². The zero-order valence-corrected chi connectivity index (χ0v) is 7.72. The van der Waals surface area contributed by atoms with Gasteiger partial charge in [0.25, 0.3) is 0 Å². The molecule has 0 atom stereocenters. The number of halogens is 3. The van der Waals surface area contributed by atoms with Crippen LogP contribution in [-0.2, 0) is 4.79 Å². The zero-order chi connectivity index (χ0) is 11.5. The molecule has 81 valence electrons. The number of amides is 1. The van der Waals surface area contributed by atoms with Gasteiger partial charge < -0.3 is 5.32 Å². The lowest BCUT2D eigenvalue weighted by molar-refractivity contribution is -0.150. The van der Waals surface area contributed by atoms with Gasteiger partial charge in [0.15, 0.2) is 0 Å². The third-order valence-electron chi connectivity index (χ3n) is 1.34. The number of nitrogens with one attached hydrogen (secondary N) is 1. The molecule has 1 aromatic heterocycles. The minimum Gasteiger partial charge on any atom is -0.310 e. The highest BCUT2D eigenvalue weighted by Gasteiger charge is 2.31. The Morgan fingerprint density at radius 1 is 1.60 bits per heavy atom. The van der Waals surface area contributed by atoms with E-state index in [0.29, 0.717) is 5.82 Å². The quantitative estimate of drug-likeness (QED) is 0.817. The SMILES string of the molecule is Cc1n[c]cc(NC(=O)CC(F)(F)F)n1. The minimum atomic E-state index is -4.52. The number of carbonyl (C=O) groups excluding carboxylic acids is 1. The summed E-state index contributed by atoms with van der Waals surface area (Å²) in [7, 11) is 0. The number of carbonyl (C=O) groups is 1. The van der Waals surface area contributed by atoms with Gasteiger partial charge in [-0.05, 0) is 6.92 Å². The number of hydrogen-bond donors (Lipinski definition) is 1. The Balaban J connectivity index is 2.59. The van der Waals surface area contributed by atoms with E-state index in [2.05, 4.69) is 16.2 Å². The van der Waals surface area contributed by atoms with Crippen LogP contribution in [0.5, 0.6) is 0 Å². The summed E-state index contributed by atoms with van der Waals surface area (Å²) in [4.78, 5) is 18.1. The van der Waals surface area contributed by atoms with Crippen LogP contribution in [-0.4, -0.2) is 22.1 Å². The fourth-order valence-electron chi connectivity index (χ4n) is 0.852. The van der Waals surface area contributed by atoms with Crippen molar-refractivity contribution in [3.8, 4) is 0 Å². The third kappa shape index (κ3) is 4.39. The van der Waals surface area contributed by atoms with Crippen LogP contribution in [0.2, 0.25) is 0 Å². The Bertz CT molecular complexity index is 364. The van der Waals surface area contributed by atoms with Gasteiger partial charge in [-0.15, -0.1) is 0 Å². The molecule has 0 aliphatic carbocycles. The van der Waals surface area contributed by atoms with Gasteiger partial charge in [0.2, 0.25) is 5.91 Å². The second-order valence-corrected chi connectivity index (χ2v) is 2.77. The molecule has 1 heterocycles. The summed E-state index contributed by atoms with van der Waals surface area (Å²) in [5.41, 5.74) is 0. The monoisotopic (exact) mass is 218 g/mol. The molecule has 1 amide bonds. The lowest BCUT2D eigenvalue weighted by Crippen LogP contribution is -2.21. The van der Waals surface area contributed by atoms with Gasteiger partial charge in [-0.3, -0.25) is 4.79 Å². The van der Waals surface area contributed by atoms with Crippen LogP contribution < -0.4 is 5.32 Å². The van der Waals surface area contributed by atoms with Crippen molar-refractivity contribution < 1.29 is 18.0 Å². The molecule has 0 bridgehead atoms. The standard InChI is InChI=1S/C8H7F3N3O/c1-5-12-3-2-6(13-5)14-7(15)4-8(9,10)11/h2H,4H2,1H3,(H,12,13,14,15). The van der Waals surface area contributed by atoms with Gasteiger partial charge in [0.1, 0.15) is 18.1 Å². The van der Waals surface area contributed by atoms with E-state index in [-0.39, 0.29) is 5.82 Å². The van der Waals surface area contributed by atoms with Crippen LogP contribution in [0, 0.1) is 13.1 Å². The Labute approximate surface area is 83.5 Å². The number of rotatable bonds is 2. The maximum absolute atomic E-state index is 11.8. The maximum atomic E-state index is 11.8. The number of aryl methyl sites for hydroxylation is 1. The predicted octanol–water partition coefficient (Wildman–Crippen LogP) is 1.48. The van der Waals surface area contributed by atoms with Crippen LogP contribution in [0.15, 0.2) is 6.07 Å². The second kappa shape index (κ2) is 4.24. The molecule has 0 saturated heterocycles. The highest BCUT2D eigenvalue weighted by atomic mass is 19.4. The summed E-state index contributed by atoms with van der Waals surface area (Å²) in [6.45, 7) is 1.54. The van der Waals surface area contributed by atoms with Crippen molar-refractivity contribution in [2.75, 3.05) is 5.32 Å². The van der Waals surface area contributed by atoms with E-state index in [1.807, 2.05) is 5.32 Å². The summed E-state index contributed by atoms with van der Waals surface area (Å²) in [6.07, 6.45) is -3.66. The summed E-state index contributed by atoms with van der Waals surface area (Å²) >= 11 is 0. The molecule has 0 aliphatic heterocycles. The van der Waals surface area contributed by atoms with Crippen LogP contribution >= 0.6 is 0 Å². The molecule has 1 N–H and O–H groups in total. The Morgan fingerprint density at radius 3 is 2.80 bits per heavy atom. The molecule has 0 aliphatic rings. The van der Waals surface area contributed by atoms with Gasteiger partial charge in [0.05, 0.1) is 6.20 Å². The molecule has 0 aromatic carbocycles. The lowest BCUT2D eigenvalue weighted by Gasteiger charge is -2.06. The lowest BCUT2D eigenvalue weighted by atomic mass is 10.4. The van der Waals surface area contributed by atoms with Crippen molar-refractivity contribution in [2.45, 2.75) is 19.5 Å². The molecule has 1 rings (SSSR count). The van der Waals surface area contributed by atoms with E-state index >= 15 is 0 Å². The van der Waals surface area contributed by atoms with Gasteiger partial charge >= 0.3 is 6.18 Å². The van der Waals surface area contributed by atoms with Crippen molar-refractivity contribution in [1.29, 1.82) is 0 Å². The normalized spacial score (nSPS) is 11.2. The molecule has 15 heavy (non-hydrogen) atoms. The summed E-state index contributed by atoms with van der Waals surface area (Å²) in [5, 5.41) is 2.00. The van der Waals surface area contributed by atoms with Crippen LogP contribution in [0.1, 0.15) is 12.2 Å². The van der Waals surface area contributed by atoms with E-state index in [1.54, 1.807) is 0 Å². The number of nitrogens with zero attached hydrogens (tertiary/aromatic N) is 2. The van der Waals surface area contributed by atoms with Crippen LogP contribution in [0.25, 0.3) is 0 Å². The Kier molecular flexibility index (Phi) is 3.23. The molecular formula is C8H7F3N3O. The third-order valence-corrected chi connectivity index (χ3v) is 1.34. The van der Waals surface area contributed by atoms with Gasteiger partial charge in [0, 0.05) is 6.07 Å². The van der Waals surface area contributed by atoms with Crippen LogP contribution in [0.3, 0.4) is 0 Å². The highest BCUT2D eigenvalue weighted by Crippen LogP contribution is 2.19. The van der Waals surface area contributed by atoms with E-state index < -0.39 is 18.5 Å². The van der Waals surface area contributed by atoms with E-state index in [4.69, 9.17) is 0 Å². The van der Waals surface area contributed by atoms with E-state index in [0.717, 1.165) is 0 Å². The van der Waals surface area contributed by atoms with Crippen molar-refractivity contribution in [2.24, 2.45) is 0 Å². The first-order valence-electron chi connectivity index (χ1n) is 3.95. The number of hydrogen-bond acceptors (Lipinski definition) is 3. The summed E-state index contributed by atoms with van der Waals surface area (Å²) in [6, 6.07) is 1.20. The average Bonchev–Trinajstić information content (AvgIpc) is 1.99. The fraction of sp³-hybridized carbons (Fsp3) is 0.375. The minimum absolute atomic E-state index is 0.0109. The van der Waals surface area contributed by atoms with Crippen molar-refractivity contribution in [1.82, 2.24) is 9.97 Å².